The lowest BCUT2D eigenvalue weighted by Gasteiger charge is -2.21. The number of amides is 3. The van der Waals surface area contributed by atoms with Gasteiger partial charge in [0.15, 0.2) is 0 Å². The molecular weight excluding hydrogens is 354 g/mol. The summed E-state index contributed by atoms with van der Waals surface area (Å²) in [6.07, 6.45) is 2.19. The summed E-state index contributed by atoms with van der Waals surface area (Å²) in [5.41, 5.74) is 0.695. The molecule has 26 heavy (non-hydrogen) atoms. The van der Waals surface area contributed by atoms with Crippen molar-refractivity contribution >= 4 is 45.8 Å². The van der Waals surface area contributed by atoms with E-state index < -0.39 is 0 Å². The molecule has 7 nitrogen and oxygen atoms in total. The van der Waals surface area contributed by atoms with Crippen LogP contribution < -0.4 is 15.5 Å². The average Bonchev–Trinajstić information content (AvgIpc) is 3.33. The lowest BCUT2D eigenvalue weighted by molar-refractivity contribution is -0.117. The third-order valence-electron chi connectivity index (χ3n) is 4.80. The van der Waals surface area contributed by atoms with E-state index in [2.05, 4.69) is 21.7 Å². The minimum atomic E-state index is -0.262. The molecule has 2 aliphatic rings. The first-order chi connectivity index (χ1) is 12.5. The predicted octanol–water partition coefficient (Wildman–Crippen LogP) is 2.90. The summed E-state index contributed by atoms with van der Waals surface area (Å²) >= 11 is 6.37. The van der Waals surface area contributed by atoms with E-state index in [4.69, 9.17) is 16.9 Å². The van der Waals surface area contributed by atoms with E-state index in [9.17, 15) is 9.59 Å². The van der Waals surface area contributed by atoms with Crippen molar-refractivity contribution in [1.29, 1.82) is 5.26 Å². The quantitative estimate of drug-likeness (QED) is 0.869. The SMILES string of the molecule is CC1CNC(=O)N1c1cc(Cl)c2cnc(NC(=O)[C@@H]3C[C@H]3C#N)cc2c1. The molecule has 1 aromatic heterocycles. The molecule has 132 valence electrons. The van der Waals surface area contributed by atoms with Gasteiger partial charge in [-0.05, 0) is 36.9 Å². The van der Waals surface area contributed by atoms with Crippen molar-refractivity contribution in [3.05, 3.63) is 29.4 Å². The van der Waals surface area contributed by atoms with Crippen LogP contribution in [0.2, 0.25) is 5.02 Å². The number of nitrogens with one attached hydrogen (secondary N) is 2. The van der Waals surface area contributed by atoms with Crippen molar-refractivity contribution in [1.82, 2.24) is 10.3 Å². The summed E-state index contributed by atoms with van der Waals surface area (Å²) < 4.78 is 0. The number of carbonyl (C=O) groups is 2. The Kier molecular flexibility index (Phi) is 3.93. The highest BCUT2D eigenvalue weighted by molar-refractivity contribution is 6.36. The molecule has 3 atom stereocenters. The number of pyridine rings is 1. The number of aromatic nitrogens is 1. The highest BCUT2D eigenvalue weighted by Gasteiger charge is 2.43. The second kappa shape index (κ2) is 6.15. The Morgan fingerprint density at radius 1 is 1.46 bits per heavy atom. The Bertz CT molecular complexity index is 970. The molecule has 1 aliphatic heterocycles. The largest absolute Gasteiger partial charge is 0.336 e. The van der Waals surface area contributed by atoms with Gasteiger partial charge >= 0.3 is 6.03 Å². The molecule has 0 radical (unpaired) electrons. The van der Waals surface area contributed by atoms with E-state index in [1.165, 1.54) is 0 Å². The minimum Gasteiger partial charge on any atom is -0.336 e. The monoisotopic (exact) mass is 369 g/mol. The highest BCUT2D eigenvalue weighted by atomic mass is 35.5. The van der Waals surface area contributed by atoms with Crippen LogP contribution >= 0.6 is 11.6 Å². The standard InChI is InChI=1S/C18H16ClN5O2/c1-9-7-22-18(26)24(9)12-2-10-4-16(21-8-14(10)15(19)5-12)23-17(25)13-3-11(13)6-20/h2,4-5,8-9,11,13H,3,7H2,1H3,(H,22,26)(H,21,23,25)/t9?,11-,13+/m0/s1. The first-order valence-corrected chi connectivity index (χ1v) is 8.72. The molecular formula is C18H16ClN5O2. The van der Waals surface area contributed by atoms with Gasteiger partial charge in [0.2, 0.25) is 5.91 Å². The Morgan fingerprint density at radius 3 is 2.92 bits per heavy atom. The van der Waals surface area contributed by atoms with Crippen molar-refractivity contribution in [3.63, 3.8) is 0 Å². The van der Waals surface area contributed by atoms with Gasteiger partial charge in [0, 0.05) is 23.8 Å². The normalized spacial score (nSPS) is 24.3. The van der Waals surface area contributed by atoms with E-state index in [-0.39, 0.29) is 29.8 Å². The van der Waals surface area contributed by atoms with Crippen molar-refractivity contribution in [2.45, 2.75) is 19.4 Å². The van der Waals surface area contributed by atoms with E-state index in [1.807, 2.05) is 13.0 Å². The van der Waals surface area contributed by atoms with Gasteiger partial charge < -0.3 is 10.6 Å². The molecule has 1 aliphatic carbocycles. The fraction of sp³-hybridized carbons (Fsp3) is 0.333. The summed E-state index contributed by atoms with van der Waals surface area (Å²) in [4.78, 5) is 30.1. The van der Waals surface area contributed by atoms with Crippen molar-refractivity contribution in [2.24, 2.45) is 11.8 Å². The van der Waals surface area contributed by atoms with Gasteiger partial charge in [0.05, 0.1) is 29.0 Å². The number of hydrogen-bond donors (Lipinski definition) is 2. The van der Waals surface area contributed by atoms with Gasteiger partial charge in [-0.15, -0.1) is 0 Å². The van der Waals surface area contributed by atoms with Crippen LogP contribution in [-0.2, 0) is 4.79 Å². The van der Waals surface area contributed by atoms with Crippen molar-refractivity contribution < 1.29 is 9.59 Å². The van der Waals surface area contributed by atoms with Gasteiger partial charge in [0.25, 0.3) is 0 Å². The molecule has 2 N–H and O–H groups in total. The Hall–Kier alpha value is -2.85. The van der Waals surface area contributed by atoms with Crippen LogP contribution in [0.5, 0.6) is 0 Å². The fourth-order valence-corrected chi connectivity index (χ4v) is 3.51. The summed E-state index contributed by atoms with van der Waals surface area (Å²) in [6, 6.07) is 7.29. The highest BCUT2D eigenvalue weighted by Crippen LogP contribution is 2.38. The second-order valence-electron chi connectivity index (χ2n) is 6.69. The van der Waals surface area contributed by atoms with E-state index >= 15 is 0 Å². The Labute approximate surface area is 154 Å². The van der Waals surface area contributed by atoms with Crippen LogP contribution in [0.15, 0.2) is 24.4 Å². The third-order valence-corrected chi connectivity index (χ3v) is 5.11. The fourth-order valence-electron chi connectivity index (χ4n) is 3.24. The van der Waals surface area contributed by atoms with Gasteiger partial charge in [-0.2, -0.15) is 5.26 Å². The molecule has 4 rings (SSSR count). The predicted molar refractivity (Wildman–Crippen MR) is 97.9 cm³/mol. The summed E-state index contributed by atoms with van der Waals surface area (Å²) in [7, 11) is 0. The number of carbonyl (C=O) groups excluding carboxylic acids is 2. The molecule has 2 fully saturated rings. The summed E-state index contributed by atoms with van der Waals surface area (Å²) in [6.45, 7) is 2.53. The number of fused-ring (bicyclic) bond motifs is 1. The number of benzene rings is 1. The molecule has 2 heterocycles. The zero-order valence-corrected chi connectivity index (χ0v) is 14.7. The topological polar surface area (TPSA) is 98.1 Å². The van der Waals surface area contributed by atoms with Gasteiger partial charge in [-0.3, -0.25) is 9.69 Å². The first-order valence-electron chi connectivity index (χ1n) is 8.35. The van der Waals surface area contributed by atoms with Gasteiger partial charge in [0.1, 0.15) is 5.82 Å². The molecule has 1 saturated carbocycles. The number of hydrogen-bond acceptors (Lipinski definition) is 4. The van der Waals surface area contributed by atoms with Gasteiger partial charge in [-0.1, -0.05) is 11.6 Å². The van der Waals surface area contributed by atoms with Crippen LogP contribution in [0.25, 0.3) is 10.8 Å². The molecule has 0 bridgehead atoms. The molecule has 3 amide bonds. The number of urea groups is 1. The minimum absolute atomic E-state index is 0.0230. The zero-order chi connectivity index (χ0) is 18.4. The maximum absolute atomic E-state index is 12.1. The maximum atomic E-state index is 12.1. The lowest BCUT2D eigenvalue weighted by atomic mass is 10.1. The van der Waals surface area contributed by atoms with E-state index in [0.717, 1.165) is 10.8 Å². The van der Waals surface area contributed by atoms with E-state index in [0.29, 0.717) is 29.5 Å². The van der Waals surface area contributed by atoms with Gasteiger partial charge in [-0.25, -0.2) is 9.78 Å². The number of nitrogens with zero attached hydrogens (tertiary/aromatic N) is 3. The Balaban J connectivity index is 1.65. The summed E-state index contributed by atoms with van der Waals surface area (Å²) in [5.74, 6) is -0.260. The molecule has 2 aromatic rings. The molecule has 0 spiro atoms. The first kappa shape index (κ1) is 16.6. The zero-order valence-electron chi connectivity index (χ0n) is 14.0. The van der Waals surface area contributed by atoms with Crippen molar-refractivity contribution in [2.75, 3.05) is 16.8 Å². The Morgan fingerprint density at radius 2 is 2.27 bits per heavy atom. The summed E-state index contributed by atoms with van der Waals surface area (Å²) in [5, 5.41) is 16.4. The number of nitriles is 1. The van der Waals surface area contributed by atoms with Crippen LogP contribution in [0.3, 0.4) is 0 Å². The average molecular weight is 370 g/mol. The van der Waals surface area contributed by atoms with Crippen LogP contribution in [0.4, 0.5) is 16.3 Å². The lowest BCUT2D eigenvalue weighted by Crippen LogP contribution is -2.32. The third kappa shape index (κ3) is 2.82. The van der Waals surface area contributed by atoms with E-state index in [1.54, 1.807) is 23.2 Å². The molecule has 1 aromatic carbocycles. The van der Waals surface area contributed by atoms with Crippen molar-refractivity contribution in [3.8, 4) is 6.07 Å². The smallest absolute Gasteiger partial charge is 0.322 e. The van der Waals surface area contributed by atoms with Crippen LogP contribution in [0, 0.1) is 23.2 Å². The molecule has 8 heteroatoms. The maximum Gasteiger partial charge on any atom is 0.322 e. The molecule has 1 saturated heterocycles. The van der Waals surface area contributed by atoms with Crippen LogP contribution in [-0.4, -0.2) is 29.5 Å². The number of halogens is 1. The number of anilines is 2. The van der Waals surface area contributed by atoms with Crippen LogP contribution in [0.1, 0.15) is 13.3 Å². The molecule has 1 unspecified atom stereocenters. The second-order valence-corrected chi connectivity index (χ2v) is 7.10. The number of rotatable bonds is 3.